The average Bonchev–Trinajstić information content (AvgIpc) is 2.70. The number of hydrogen-bond donors (Lipinski definition) is 1. The summed E-state index contributed by atoms with van der Waals surface area (Å²) >= 11 is 0. The van der Waals surface area contributed by atoms with Crippen molar-refractivity contribution in [2.75, 3.05) is 13.7 Å². The highest BCUT2D eigenvalue weighted by molar-refractivity contribution is 5.70. The Kier molecular flexibility index (Phi) is 3.55. The van der Waals surface area contributed by atoms with Crippen molar-refractivity contribution >= 4 is 6.09 Å². The van der Waals surface area contributed by atoms with E-state index in [1.807, 2.05) is 39.0 Å². The Balaban J connectivity index is 2.34. The Labute approximate surface area is 112 Å². The minimum absolute atomic E-state index is 0.0428. The number of carbonyl (C=O) groups excluding carboxylic acids is 1. The van der Waals surface area contributed by atoms with Crippen LogP contribution in [0.4, 0.5) is 4.79 Å². The first kappa shape index (κ1) is 13.5. The van der Waals surface area contributed by atoms with Gasteiger partial charge in [0.25, 0.3) is 0 Å². The van der Waals surface area contributed by atoms with E-state index in [0.29, 0.717) is 18.0 Å². The highest BCUT2D eigenvalue weighted by Gasteiger charge is 2.37. The topological polar surface area (TPSA) is 56.8 Å². The van der Waals surface area contributed by atoms with E-state index in [4.69, 9.17) is 14.2 Å². The van der Waals surface area contributed by atoms with Crippen LogP contribution in [0.5, 0.6) is 11.5 Å². The molecule has 0 aromatic heterocycles. The third-order valence-electron chi connectivity index (χ3n) is 3.02. The van der Waals surface area contributed by atoms with Gasteiger partial charge in [-0.25, -0.2) is 4.79 Å². The summed E-state index contributed by atoms with van der Waals surface area (Å²) in [6.45, 7) is 6.21. The van der Waals surface area contributed by atoms with Crippen LogP contribution < -0.4 is 14.8 Å². The predicted molar refractivity (Wildman–Crippen MR) is 70.6 cm³/mol. The molecule has 1 aromatic carbocycles. The van der Waals surface area contributed by atoms with Gasteiger partial charge in [-0.1, -0.05) is 6.07 Å². The summed E-state index contributed by atoms with van der Waals surface area (Å²) in [6, 6.07) is 5.57. The SMILES string of the molecule is COc1ccc(C2(C)CNC(=O)O2)cc1OC(C)C. The van der Waals surface area contributed by atoms with Gasteiger partial charge in [0.2, 0.25) is 0 Å². The lowest BCUT2D eigenvalue weighted by atomic mass is 9.96. The highest BCUT2D eigenvalue weighted by atomic mass is 16.6. The van der Waals surface area contributed by atoms with Crippen molar-refractivity contribution in [1.29, 1.82) is 0 Å². The molecule has 104 valence electrons. The van der Waals surface area contributed by atoms with Gasteiger partial charge in [0.05, 0.1) is 19.8 Å². The van der Waals surface area contributed by atoms with Gasteiger partial charge in [0, 0.05) is 5.56 Å². The van der Waals surface area contributed by atoms with Gasteiger partial charge >= 0.3 is 6.09 Å². The zero-order chi connectivity index (χ0) is 14.0. The summed E-state index contributed by atoms with van der Waals surface area (Å²) in [7, 11) is 1.60. The van der Waals surface area contributed by atoms with E-state index in [-0.39, 0.29) is 6.10 Å². The van der Waals surface area contributed by atoms with Crippen molar-refractivity contribution in [2.45, 2.75) is 32.5 Å². The summed E-state index contributed by atoms with van der Waals surface area (Å²) in [6.07, 6.45) is -0.356. The van der Waals surface area contributed by atoms with E-state index in [1.54, 1.807) is 7.11 Å². The molecule has 0 saturated carbocycles. The fourth-order valence-electron chi connectivity index (χ4n) is 2.03. The first-order valence-corrected chi connectivity index (χ1v) is 6.26. The molecule has 1 aliphatic heterocycles. The maximum absolute atomic E-state index is 11.2. The Bertz CT molecular complexity index is 486. The average molecular weight is 265 g/mol. The second-order valence-corrected chi connectivity index (χ2v) is 5.01. The van der Waals surface area contributed by atoms with E-state index in [1.165, 1.54) is 0 Å². The molecular formula is C14H19NO4. The molecule has 1 unspecified atom stereocenters. The molecule has 1 aromatic rings. The van der Waals surface area contributed by atoms with Gasteiger partial charge in [-0.15, -0.1) is 0 Å². The largest absolute Gasteiger partial charge is 0.493 e. The van der Waals surface area contributed by atoms with Gasteiger partial charge in [-0.2, -0.15) is 0 Å². The van der Waals surface area contributed by atoms with Gasteiger partial charge in [-0.3, -0.25) is 0 Å². The minimum atomic E-state index is -0.668. The maximum atomic E-state index is 11.2. The summed E-state index contributed by atoms with van der Waals surface area (Å²) in [5, 5.41) is 2.66. The number of hydrogen-bond acceptors (Lipinski definition) is 4. The molecule has 1 atom stereocenters. The monoisotopic (exact) mass is 265 g/mol. The molecule has 1 fully saturated rings. The number of rotatable bonds is 4. The lowest BCUT2D eigenvalue weighted by Gasteiger charge is -2.23. The minimum Gasteiger partial charge on any atom is -0.493 e. The Hall–Kier alpha value is -1.91. The van der Waals surface area contributed by atoms with E-state index < -0.39 is 11.7 Å². The number of carbonyl (C=O) groups is 1. The van der Waals surface area contributed by atoms with Crippen LogP contribution >= 0.6 is 0 Å². The van der Waals surface area contributed by atoms with Crippen molar-refractivity contribution in [2.24, 2.45) is 0 Å². The third-order valence-corrected chi connectivity index (χ3v) is 3.02. The molecule has 1 aliphatic rings. The standard InChI is InChI=1S/C14H19NO4/c1-9(2)18-12-7-10(5-6-11(12)17-4)14(3)8-15-13(16)19-14/h5-7,9H,8H2,1-4H3,(H,15,16). The summed E-state index contributed by atoms with van der Waals surface area (Å²) < 4.78 is 16.3. The van der Waals surface area contributed by atoms with Gasteiger partial charge in [0.1, 0.15) is 0 Å². The van der Waals surface area contributed by atoms with Gasteiger partial charge in [-0.05, 0) is 32.9 Å². The number of ether oxygens (including phenoxy) is 3. The van der Waals surface area contributed by atoms with Gasteiger partial charge < -0.3 is 19.5 Å². The van der Waals surface area contributed by atoms with E-state index in [2.05, 4.69) is 5.32 Å². The number of benzene rings is 1. The molecule has 1 heterocycles. The number of alkyl carbamates (subject to hydrolysis) is 1. The van der Waals surface area contributed by atoms with E-state index in [9.17, 15) is 4.79 Å². The first-order chi connectivity index (χ1) is 8.94. The molecule has 0 bridgehead atoms. The lowest BCUT2D eigenvalue weighted by molar-refractivity contribution is 0.0700. The van der Waals surface area contributed by atoms with Crippen LogP contribution in [0.15, 0.2) is 18.2 Å². The van der Waals surface area contributed by atoms with Crippen molar-refractivity contribution in [3.63, 3.8) is 0 Å². The van der Waals surface area contributed by atoms with Crippen molar-refractivity contribution in [3.05, 3.63) is 23.8 Å². The molecule has 0 aliphatic carbocycles. The lowest BCUT2D eigenvalue weighted by Crippen LogP contribution is -2.26. The van der Waals surface area contributed by atoms with Crippen LogP contribution in [-0.2, 0) is 10.3 Å². The van der Waals surface area contributed by atoms with Crippen LogP contribution in [0.3, 0.4) is 0 Å². The fraction of sp³-hybridized carbons (Fsp3) is 0.500. The second-order valence-electron chi connectivity index (χ2n) is 5.01. The quantitative estimate of drug-likeness (QED) is 0.908. The van der Waals surface area contributed by atoms with Crippen molar-refractivity contribution in [1.82, 2.24) is 5.32 Å². The third kappa shape index (κ3) is 2.75. The predicted octanol–water partition coefficient (Wildman–Crippen LogP) is 2.44. The second kappa shape index (κ2) is 4.99. The Morgan fingerprint density at radius 1 is 1.37 bits per heavy atom. The first-order valence-electron chi connectivity index (χ1n) is 6.26. The molecule has 0 radical (unpaired) electrons. The number of amides is 1. The molecule has 1 saturated heterocycles. The highest BCUT2D eigenvalue weighted by Crippen LogP contribution is 2.35. The number of methoxy groups -OCH3 is 1. The molecule has 0 spiro atoms. The molecule has 5 heteroatoms. The van der Waals surface area contributed by atoms with Crippen LogP contribution in [0.2, 0.25) is 0 Å². The van der Waals surface area contributed by atoms with E-state index >= 15 is 0 Å². The molecule has 1 N–H and O–H groups in total. The molecule has 1 amide bonds. The molecule has 2 rings (SSSR count). The van der Waals surface area contributed by atoms with Gasteiger partial charge in [0.15, 0.2) is 17.1 Å². The van der Waals surface area contributed by atoms with Crippen LogP contribution in [0.25, 0.3) is 0 Å². The summed E-state index contributed by atoms with van der Waals surface area (Å²) in [4.78, 5) is 11.2. The van der Waals surface area contributed by atoms with Crippen molar-refractivity contribution < 1.29 is 19.0 Å². The maximum Gasteiger partial charge on any atom is 0.408 e. The fourth-order valence-corrected chi connectivity index (χ4v) is 2.03. The number of cyclic esters (lactones) is 1. The zero-order valence-electron chi connectivity index (χ0n) is 11.6. The Morgan fingerprint density at radius 2 is 2.11 bits per heavy atom. The molecule has 5 nitrogen and oxygen atoms in total. The Morgan fingerprint density at radius 3 is 2.63 bits per heavy atom. The normalized spacial score (nSPS) is 22.1. The zero-order valence-corrected chi connectivity index (χ0v) is 11.6. The van der Waals surface area contributed by atoms with Crippen LogP contribution in [0, 0.1) is 0 Å². The summed E-state index contributed by atoms with van der Waals surface area (Å²) in [5.74, 6) is 1.32. The molecular weight excluding hydrogens is 246 g/mol. The van der Waals surface area contributed by atoms with E-state index in [0.717, 1.165) is 5.56 Å². The number of nitrogens with one attached hydrogen (secondary N) is 1. The smallest absolute Gasteiger partial charge is 0.408 e. The molecule has 19 heavy (non-hydrogen) atoms. The summed E-state index contributed by atoms with van der Waals surface area (Å²) in [5.41, 5.74) is 0.209. The van der Waals surface area contributed by atoms with Crippen LogP contribution in [-0.4, -0.2) is 25.9 Å². The van der Waals surface area contributed by atoms with Crippen molar-refractivity contribution in [3.8, 4) is 11.5 Å². The van der Waals surface area contributed by atoms with Crippen LogP contribution in [0.1, 0.15) is 26.3 Å².